The van der Waals surface area contributed by atoms with Crippen LogP contribution in [0.25, 0.3) is 10.9 Å². The molecule has 1 aromatic carbocycles. The van der Waals surface area contributed by atoms with Gasteiger partial charge in [-0.25, -0.2) is 0 Å². The van der Waals surface area contributed by atoms with Crippen LogP contribution in [0.2, 0.25) is 0 Å². The molecule has 1 aliphatic carbocycles. The molecule has 2 atom stereocenters. The minimum atomic E-state index is -0.505. The summed E-state index contributed by atoms with van der Waals surface area (Å²) in [5.41, 5.74) is 8.25. The van der Waals surface area contributed by atoms with Crippen LogP contribution in [0.5, 0.6) is 0 Å². The molecular weight excluding hydrogens is 262 g/mol. The third-order valence-electron chi connectivity index (χ3n) is 4.07. The summed E-state index contributed by atoms with van der Waals surface area (Å²) in [6, 6.07) is 7.80. The maximum absolute atomic E-state index is 12.2. The minimum Gasteiger partial charge on any atom is -0.361 e. The van der Waals surface area contributed by atoms with Gasteiger partial charge in [0.1, 0.15) is 0 Å². The zero-order chi connectivity index (χ0) is 14.7. The molecule has 2 aromatic rings. The number of carbonyl (C=O) groups is 1. The molecule has 4 N–H and O–H groups in total. The Morgan fingerprint density at radius 3 is 3.05 bits per heavy atom. The van der Waals surface area contributed by atoms with Crippen molar-refractivity contribution in [3.8, 4) is 0 Å². The molecule has 4 nitrogen and oxygen atoms in total. The van der Waals surface area contributed by atoms with Crippen molar-refractivity contribution in [3.05, 3.63) is 48.2 Å². The highest BCUT2D eigenvalue weighted by Gasteiger charge is 2.19. The number of carbonyl (C=O) groups excluding carboxylic acids is 1. The molecule has 1 aromatic heterocycles. The van der Waals surface area contributed by atoms with Crippen LogP contribution in [0.15, 0.2) is 42.6 Å². The predicted octanol–water partition coefficient (Wildman–Crippen LogP) is 2.26. The number of aromatic nitrogens is 1. The van der Waals surface area contributed by atoms with E-state index in [0.717, 1.165) is 35.7 Å². The number of aromatic amines is 1. The van der Waals surface area contributed by atoms with Gasteiger partial charge in [-0.15, -0.1) is 0 Å². The SMILES string of the molecule is N[C@@H](Cc1c[nH]c2ccccc12)C(=O)NC1CC=CCC1. The van der Waals surface area contributed by atoms with Crippen molar-refractivity contribution in [1.29, 1.82) is 0 Å². The summed E-state index contributed by atoms with van der Waals surface area (Å²) >= 11 is 0. The lowest BCUT2D eigenvalue weighted by molar-refractivity contribution is -0.123. The largest absolute Gasteiger partial charge is 0.361 e. The van der Waals surface area contributed by atoms with E-state index in [0.29, 0.717) is 6.42 Å². The number of fused-ring (bicyclic) bond motifs is 1. The van der Waals surface area contributed by atoms with Crippen molar-refractivity contribution in [2.45, 2.75) is 37.8 Å². The molecular formula is C17H21N3O. The summed E-state index contributed by atoms with van der Waals surface area (Å²) in [4.78, 5) is 15.4. The first-order chi connectivity index (χ1) is 10.2. The summed E-state index contributed by atoms with van der Waals surface area (Å²) in [6.45, 7) is 0. The van der Waals surface area contributed by atoms with E-state index in [4.69, 9.17) is 5.73 Å². The number of hydrogen-bond acceptors (Lipinski definition) is 2. The van der Waals surface area contributed by atoms with Gasteiger partial charge in [0, 0.05) is 23.1 Å². The molecule has 0 saturated carbocycles. The topological polar surface area (TPSA) is 70.9 Å². The summed E-state index contributed by atoms with van der Waals surface area (Å²) < 4.78 is 0. The first kappa shape index (κ1) is 13.9. The van der Waals surface area contributed by atoms with Crippen LogP contribution in [0.4, 0.5) is 0 Å². The molecule has 1 aliphatic rings. The first-order valence-corrected chi connectivity index (χ1v) is 7.50. The fourth-order valence-corrected chi connectivity index (χ4v) is 2.86. The molecule has 1 heterocycles. The molecule has 0 saturated heterocycles. The number of rotatable bonds is 4. The van der Waals surface area contributed by atoms with Crippen LogP contribution in [-0.2, 0) is 11.2 Å². The Morgan fingerprint density at radius 2 is 2.24 bits per heavy atom. The van der Waals surface area contributed by atoms with Gasteiger partial charge in [0.15, 0.2) is 0 Å². The lowest BCUT2D eigenvalue weighted by atomic mass is 10.0. The van der Waals surface area contributed by atoms with Crippen molar-refractivity contribution >= 4 is 16.8 Å². The van der Waals surface area contributed by atoms with Crippen LogP contribution in [0, 0.1) is 0 Å². The van der Waals surface area contributed by atoms with E-state index < -0.39 is 6.04 Å². The quantitative estimate of drug-likeness (QED) is 0.753. The smallest absolute Gasteiger partial charge is 0.237 e. The Hall–Kier alpha value is -2.07. The van der Waals surface area contributed by atoms with E-state index in [1.807, 2.05) is 24.4 Å². The maximum Gasteiger partial charge on any atom is 0.237 e. The predicted molar refractivity (Wildman–Crippen MR) is 84.9 cm³/mol. The normalized spacial score (nSPS) is 19.6. The molecule has 1 amide bonds. The van der Waals surface area contributed by atoms with Gasteiger partial charge in [0.2, 0.25) is 5.91 Å². The second kappa shape index (κ2) is 6.14. The molecule has 1 unspecified atom stereocenters. The Labute approximate surface area is 124 Å². The molecule has 0 bridgehead atoms. The van der Waals surface area contributed by atoms with Gasteiger partial charge in [-0.3, -0.25) is 4.79 Å². The van der Waals surface area contributed by atoms with Crippen molar-refractivity contribution < 1.29 is 4.79 Å². The maximum atomic E-state index is 12.2. The fraction of sp³-hybridized carbons (Fsp3) is 0.353. The highest BCUT2D eigenvalue weighted by Crippen LogP contribution is 2.19. The van der Waals surface area contributed by atoms with E-state index in [-0.39, 0.29) is 11.9 Å². The molecule has 0 aliphatic heterocycles. The van der Waals surface area contributed by atoms with Crippen LogP contribution in [-0.4, -0.2) is 23.0 Å². The Balaban J connectivity index is 1.64. The molecule has 0 spiro atoms. The fourth-order valence-electron chi connectivity index (χ4n) is 2.86. The number of H-pyrrole nitrogens is 1. The van der Waals surface area contributed by atoms with Crippen LogP contribution in [0.1, 0.15) is 24.8 Å². The van der Waals surface area contributed by atoms with Crippen LogP contribution in [0.3, 0.4) is 0 Å². The van der Waals surface area contributed by atoms with Gasteiger partial charge < -0.3 is 16.0 Å². The van der Waals surface area contributed by atoms with Gasteiger partial charge >= 0.3 is 0 Å². The van der Waals surface area contributed by atoms with E-state index in [2.05, 4.69) is 28.5 Å². The molecule has 0 fully saturated rings. The second-order valence-electron chi connectivity index (χ2n) is 5.66. The van der Waals surface area contributed by atoms with Crippen molar-refractivity contribution in [1.82, 2.24) is 10.3 Å². The minimum absolute atomic E-state index is 0.0550. The summed E-state index contributed by atoms with van der Waals surface area (Å²) in [5.74, 6) is -0.0550. The number of nitrogens with two attached hydrogens (primary N) is 1. The highest BCUT2D eigenvalue weighted by molar-refractivity contribution is 5.86. The standard InChI is InChI=1S/C17H21N3O/c18-15(17(21)20-13-6-2-1-3-7-13)10-12-11-19-16-9-5-4-8-14(12)16/h1-2,4-5,8-9,11,13,15,19H,3,6-7,10,18H2,(H,20,21)/t13?,15-/m0/s1. The lowest BCUT2D eigenvalue weighted by Gasteiger charge is -2.21. The van der Waals surface area contributed by atoms with Crippen LogP contribution < -0.4 is 11.1 Å². The number of nitrogens with one attached hydrogen (secondary N) is 2. The third kappa shape index (κ3) is 3.16. The van der Waals surface area contributed by atoms with E-state index in [1.165, 1.54) is 0 Å². The van der Waals surface area contributed by atoms with Crippen LogP contribution >= 0.6 is 0 Å². The molecule has 0 radical (unpaired) electrons. The number of hydrogen-bond donors (Lipinski definition) is 3. The van der Waals surface area contributed by atoms with Crippen molar-refractivity contribution in [2.75, 3.05) is 0 Å². The van der Waals surface area contributed by atoms with Gasteiger partial charge in [0.25, 0.3) is 0 Å². The summed E-state index contributed by atoms with van der Waals surface area (Å²) in [5, 5.41) is 4.19. The highest BCUT2D eigenvalue weighted by atomic mass is 16.2. The lowest BCUT2D eigenvalue weighted by Crippen LogP contribution is -2.46. The zero-order valence-electron chi connectivity index (χ0n) is 12.0. The van der Waals surface area contributed by atoms with Gasteiger partial charge in [-0.1, -0.05) is 30.4 Å². The summed E-state index contributed by atoms with van der Waals surface area (Å²) in [7, 11) is 0. The number of amides is 1. The average molecular weight is 283 g/mol. The number of para-hydroxylation sites is 1. The monoisotopic (exact) mass is 283 g/mol. The Bertz CT molecular complexity index is 659. The first-order valence-electron chi connectivity index (χ1n) is 7.50. The van der Waals surface area contributed by atoms with Gasteiger partial charge in [0.05, 0.1) is 6.04 Å². The van der Waals surface area contributed by atoms with Gasteiger partial charge in [-0.2, -0.15) is 0 Å². The summed E-state index contributed by atoms with van der Waals surface area (Å²) in [6.07, 6.45) is 9.73. The van der Waals surface area contributed by atoms with E-state index in [9.17, 15) is 4.79 Å². The number of allylic oxidation sites excluding steroid dienone is 1. The molecule has 21 heavy (non-hydrogen) atoms. The van der Waals surface area contributed by atoms with E-state index >= 15 is 0 Å². The third-order valence-corrected chi connectivity index (χ3v) is 4.07. The van der Waals surface area contributed by atoms with E-state index in [1.54, 1.807) is 0 Å². The molecule has 3 rings (SSSR count). The Morgan fingerprint density at radius 1 is 1.38 bits per heavy atom. The molecule has 4 heteroatoms. The van der Waals surface area contributed by atoms with Crippen molar-refractivity contribution in [3.63, 3.8) is 0 Å². The average Bonchev–Trinajstić information content (AvgIpc) is 2.91. The Kier molecular flexibility index (Phi) is 4.06. The zero-order valence-corrected chi connectivity index (χ0v) is 12.0. The van der Waals surface area contributed by atoms with Gasteiger partial charge in [-0.05, 0) is 37.3 Å². The van der Waals surface area contributed by atoms with Crippen molar-refractivity contribution in [2.24, 2.45) is 5.73 Å². The second-order valence-corrected chi connectivity index (χ2v) is 5.66. The molecule has 110 valence electrons. The number of benzene rings is 1.